The van der Waals surface area contributed by atoms with Gasteiger partial charge in [0.15, 0.2) is 6.61 Å². The van der Waals surface area contributed by atoms with Crippen molar-refractivity contribution in [2.45, 2.75) is 6.92 Å². The van der Waals surface area contributed by atoms with Gasteiger partial charge in [0.05, 0.1) is 13.7 Å². The van der Waals surface area contributed by atoms with E-state index in [1.807, 2.05) is 0 Å². The fourth-order valence-electron chi connectivity index (χ4n) is 1.23. The molecule has 0 bridgehead atoms. The lowest BCUT2D eigenvalue weighted by Gasteiger charge is -2.04. The maximum absolute atomic E-state index is 11.1. The fraction of sp³-hybridized carbons (Fsp3) is 0.286. The lowest BCUT2D eigenvalue weighted by Crippen LogP contribution is -2.12. The quantitative estimate of drug-likeness (QED) is 0.579. The summed E-state index contributed by atoms with van der Waals surface area (Å²) in [6.45, 7) is 1.97. The smallest absolute Gasteiger partial charge is 0.343 e. The summed E-state index contributed by atoms with van der Waals surface area (Å²) in [7, 11) is 1.30. The molecule has 0 atom stereocenters. The standard InChI is InChI=1S/C14H16O5/c1-3-18-13(15)9-6-11-4-7-12(8-5-11)19-10-14(16)17-2/h4-9H,3,10H2,1-2H3. The highest BCUT2D eigenvalue weighted by atomic mass is 16.6. The molecule has 0 aliphatic carbocycles. The molecule has 19 heavy (non-hydrogen) atoms. The number of rotatable bonds is 6. The van der Waals surface area contributed by atoms with E-state index in [1.54, 1.807) is 37.3 Å². The predicted octanol–water partition coefficient (Wildman–Crippen LogP) is 1.81. The molecule has 0 fully saturated rings. The van der Waals surface area contributed by atoms with Crippen LogP contribution < -0.4 is 4.74 Å². The molecule has 5 heteroatoms. The number of methoxy groups -OCH3 is 1. The van der Waals surface area contributed by atoms with E-state index >= 15 is 0 Å². The van der Waals surface area contributed by atoms with Crippen LogP contribution in [-0.2, 0) is 19.1 Å². The summed E-state index contributed by atoms with van der Waals surface area (Å²) in [6, 6.07) is 6.94. The summed E-state index contributed by atoms with van der Waals surface area (Å²) in [5.41, 5.74) is 0.832. The van der Waals surface area contributed by atoms with Gasteiger partial charge in [-0.2, -0.15) is 0 Å². The van der Waals surface area contributed by atoms with Crippen LogP contribution >= 0.6 is 0 Å². The third-order valence-electron chi connectivity index (χ3n) is 2.16. The zero-order valence-corrected chi connectivity index (χ0v) is 10.9. The first kappa shape index (κ1) is 14.8. The van der Waals surface area contributed by atoms with Gasteiger partial charge in [-0.25, -0.2) is 9.59 Å². The zero-order valence-electron chi connectivity index (χ0n) is 10.9. The third-order valence-corrected chi connectivity index (χ3v) is 2.16. The molecule has 0 heterocycles. The van der Waals surface area contributed by atoms with Crippen LogP contribution in [0.4, 0.5) is 0 Å². The Morgan fingerprint density at radius 3 is 2.47 bits per heavy atom. The Hall–Kier alpha value is -2.30. The van der Waals surface area contributed by atoms with Crippen molar-refractivity contribution in [3.8, 4) is 5.75 Å². The molecule has 102 valence electrons. The maximum Gasteiger partial charge on any atom is 0.343 e. The van der Waals surface area contributed by atoms with Crippen LogP contribution in [0.5, 0.6) is 5.75 Å². The predicted molar refractivity (Wildman–Crippen MR) is 69.6 cm³/mol. The number of ether oxygens (including phenoxy) is 3. The van der Waals surface area contributed by atoms with Crippen molar-refractivity contribution in [1.29, 1.82) is 0 Å². The first-order valence-electron chi connectivity index (χ1n) is 5.80. The van der Waals surface area contributed by atoms with Crippen LogP contribution in [0.25, 0.3) is 6.08 Å². The first-order valence-corrected chi connectivity index (χ1v) is 5.80. The summed E-state index contributed by atoms with van der Waals surface area (Å²) in [5.74, 6) is -0.265. The molecule has 1 aromatic carbocycles. The van der Waals surface area contributed by atoms with Gasteiger partial charge in [-0.1, -0.05) is 12.1 Å². The Morgan fingerprint density at radius 2 is 1.89 bits per heavy atom. The Bertz CT molecular complexity index is 447. The number of hydrogen-bond donors (Lipinski definition) is 0. The third kappa shape index (κ3) is 5.72. The van der Waals surface area contributed by atoms with Crippen LogP contribution in [0.15, 0.2) is 30.3 Å². The van der Waals surface area contributed by atoms with E-state index in [2.05, 4.69) is 4.74 Å². The van der Waals surface area contributed by atoms with E-state index in [-0.39, 0.29) is 12.6 Å². The van der Waals surface area contributed by atoms with Gasteiger partial charge < -0.3 is 14.2 Å². The molecular weight excluding hydrogens is 248 g/mol. The second-order valence-corrected chi connectivity index (χ2v) is 3.52. The molecule has 1 rings (SSSR count). The summed E-state index contributed by atoms with van der Waals surface area (Å²) in [6.07, 6.45) is 3.00. The van der Waals surface area contributed by atoms with Gasteiger partial charge >= 0.3 is 11.9 Å². The van der Waals surface area contributed by atoms with E-state index in [9.17, 15) is 9.59 Å². The molecule has 0 aliphatic heterocycles. The van der Waals surface area contributed by atoms with Crippen molar-refractivity contribution in [3.63, 3.8) is 0 Å². The van der Waals surface area contributed by atoms with Gasteiger partial charge in [0.1, 0.15) is 5.75 Å². The van der Waals surface area contributed by atoms with E-state index in [0.717, 1.165) is 5.56 Å². The van der Waals surface area contributed by atoms with Gasteiger partial charge in [-0.05, 0) is 30.7 Å². The van der Waals surface area contributed by atoms with Crippen LogP contribution in [0, 0.1) is 0 Å². The molecule has 0 spiro atoms. The van der Waals surface area contributed by atoms with Gasteiger partial charge in [0.2, 0.25) is 0 Å². The SMILES string of the molecule is CCOC(=O)C=Cc1ccc(OCC(=O)OC)cc1. The van der Waals surface area contributed by atoms with Crippen molar-refractivity contribution in [2.24, 2.45) is 0 Å². The molecular formula is C14H16O5. The van der Waals surface area contributed by atoms with Crippen LogP contribution in [0.1, 0.15) is 12.5 Å². The number of carbonyl (C=O) groups is 2. The Balaban J connectivity index is 2.52. The van der Waals surface area contributed by atoms with Crippen molar-refractivity contribution < 1.29 is 23.8 Å². The van der Waals surface area contributed by atoms with E-state index in [1.165, 1.54) is 13.2 Å². The average Bonchev–Trinajstić information content (AvgIpc) is 2.44. The normalized spacial score (nSPS) is 10.2. The Kier molecular flexibility index (Phi) is 6.15. The van der Waals surface area contributed by atoms with Crippen molar-refractivity contribution in [2.75, 3.05) is 20.3 Å². The van der Waals surface area contributed by atoms with Crippen LogP contribution in [-0.4, -0.2) is 32.3 Å². The molecule has 0 aromatic heterocycles. The molecule has 0 amide bonds. The number of hydrogen-bond acceptors (Lipinski definition) is 5. The molecule has 0 radical (unpaired) electrons. The van der Waals surface area contributed by atoms with Crippen molar-refractivity contribution in [3.05, 3.63) is 35.9 Å². The molecule has 1 aromatic rings. The summed E-state index contributed by atoms with van der Waals surface area (Å²) < 4.78 is 14.4. The minimum Gasteiger partial charge on any atom is -0.482 e. The number of benzene rings is 1. The Labute approximate surface area is 111 Å². The monoisotopic (exact) mass is 264 g/mol. The minimum absolute atomic E-state index is 0.130. The zero-order chi connectivity index (χ0) is 14.1. The minimum atomic E-state index is -0.439. The highest BCUT2D eigenvalue weighted by Gasteiger charge is 2.01. The second-order valence-electron chi connectivity index (χ2n) is 3.52. The van der Waals surface area contributed by atoms with Gasteiger partial charge in [0, 0.05) is 6.08 Å². The number of carbonyl (C=O) groups excluding carboxylic acids is 2. The average molecular weight is 264 g/mol. The second kappa shape index (κ2) is 7.92. The van der Waals surface area contributed by atoms with Crippen LogP contribution in [0.2, 0.25) is 0 Å². The fourth-order valence-corrected chi connectivity index (χ4v) is 1.23. The molecule has 0 unspecified atom stereocenters. The van der Waals surface area contributed by atoms with Crippen LogP contribution in [0.3, 0.4) is 0 Å². The molecule has 0 N–H and O–H groups in total. The van der Waals surface area contributed by atoms with Gasteiger partial charge in [0.25, 0.3) is 0 Å². The highest BCUT2D eigenvalue weighted by molar-refractivity contribution is 5.87. The molecule has 5 nitrogen and oxygen atoms in total. The molecule has 0 aliphatic rings. The van der Waals surface area contributed by atoms with Crippen molar-refractivity contribution >= 4 is 18.0 Å². The summed E-state index contributed by atoms with van der Waals surface area (Å²) in [5, 5.41) is 0. The molecule has 0 saturated carbocycles. The first-order chi connectivity index (χ1) is 9.15. The summed E-state index contributed by atoms with van der Waals surface area (Å²) >= 11 is 0. The van der Waals surface area contributed by atoms with Gasteiger partial charge in [-0.15, -0.1) is 0 Å². The Morgan fingerprint density at radius 1 is 1.21 bits per heavy atom. The largest absolute Gasteiger partial charge is 0.482 e. The topological polar surface area (TPSA) is 61.8 Å². The van der Waals surface area contributed by atoms with Crippen molar-refractivity contribution in [1.82, 2.24) is 0 Å². The highest BCUT2D eigenvalue weighted by Crippen LogP contribution is 2.13. The lowest BCUT2D eigenvalue weighted by atomic mass is 10.2. The number of esters is 2. The summed E-state index contributed by atoms with van der Waals surface area (Å²) in [4.78, 5) is 22.0. The molecule has 0 saturated heterocycles. The van der Waals surface area contributed by atoms with E-state index in [4.69, 9.17) is 9.47 Å². The van der Waals surface area contributed by atoms with Gasteiger partial charge in [-0.3, -0.25) is 0 Å². The lowest BCUT2D eigenvalue weighted by molar-refractivity contribution is -0.143. The van der Waals surface area contributed by atoms with E-state index < -0.39 is 5.97 Å². The maximum atomic E-state index is 11.1. The van der Waals surface area contributed by atoms with E-state index in [0.29, 0.717) is 12.4 Å².